The minimum absolute atomic E-state index is 0.336. The molecule has 3 N–H and O–H groups in total. The van der Waals surface area contributed by atoms with Gasteiger partial charge in [-0.1, -0.05) is 12.8 Å². The Morgan fingerprint density at radius 2 is 1.56 bits per heavy atom. The zero-order chi connectivity index (χ0) is 13.0. The van der Waals surface area contributed by atoms with Crippen LogP contribution in [-0.4, -0.2) is 25.8 Å². The van der Waals surface area contributed by atoms with Crippen molar-refractivity contribution in [2.75, 3.05) is 18.5 Å². The molecule has 18 heavy (non-hydrogen) atoms. The zero-order valence-electron chi connectivity index (χ0n) is 10.3. The van der Waals surface area contributed by atoms with E-state index in [1.165, 1.54) is 0 Å². The van der Waals surface area contributed by atoms with Crippen molar-refractivity contribution in [3.8, 4) is 0 Å². The summed E-state index contributed by atoms with van der Waals surface area (Å²) >= 11 is 0. The lowest BCUT2D eigenvalue weighted by atomic mass is 10.2. The van der Waals surface area contributed by atoms with Crippen LogP contribution >= 0.6 is 0 Å². The molecule has 0 aliphatic carbocycles. The Labute approximate surface area is 108 Å². The number of nitrogens with one attached hydrogen (secondary N) is 1. The van der Waals surface area contributed by atoms with Crippen molar-refractivity contribution in [2.24, 2.45) is 5.84 Å². The molecule has 1 aliphatic heterocycles. The van der Waals surface area contributed by atoms with Crippen LogP contribution in [0.15, 0.2) is 29.2 Å². The molecule has 0 radical (unpaired) electrons. The number of nitrogens with two attached hydrogens (primary N) is 1. The number of hydrogen-bond acceptors (Lipinski definition) is 4. The van der Waals surface area contributed by atoms with Crippen molar-refractivity contribution < 1.29 is 8.42 Å². The molecule has 1 aromatic carbocycles. The second-order valence-corrected chi connectivity index (χ2v) is 6.42. The Morgan fingerprint density at radius 1 is 1.00 bits per heavy atom. The van der Waals surface area contributed by atoms with Gasteiger partial charge in [0.05, 0.1) is 4.90 Å². The number of anilines is 1. The summed E-state index contributed by atoms with van der Waals surface area (Å²) in [5.41, 5.74) is 3.19. The Bertz CT molecular complexity index is 477. The number of benzene rings is 1. The minimum Gasteiger partial charge on any atom is -0.324 e. The van der Waals surface area contributed by atoms with Crippen molar-refractivity contribution in [1.29, 1.82) is 0 Å². The summed E-state index contributed by atoms with van der Waals surface area (Å²) in [6, 6.07) is 6.53. The predicted octanol–water partition coefficient (Wildman–Crippen LogP) is 1.54. The average Bonchev–Trinajstić information content (AvgIpc) is 2.68. The summed E-state index contributed by atoms with van der Waals surface area (Å²) in [5, 5.41) is 0. The predicted molar refractivity (Wildman–Crippen MR) is 71.5 cm³/mol. The first-order valence-corrected chi connectivity index (χ1v) is 7.65. The van der Waals surface area contributed by atoms with Crippen molar-refractivity contribution in [1.82, 2.24) is 4.31 Å². The van der Waals surface area contributed by atoms with Crippen molar-refractivity contribution in [3.63, 3.8) is 0 Å². The van der Waals surface area contributed by atoms with E-state index in [0.717, 1.165) is 25.7 Å². The molecule has 1 aliphatic rings. The standard InChI is InChI=1S/C12H19N3O2S/c13-14-11-5-7-12(8-6-11)18(16,17)15-9-3-1-2-4-10-15/h5-8,14H,1-4,9-10,13H2. The zero-order valence-corrected chi connectivity index (χ0v) is 11.1. The number of sulfonamides is 1. The molecule has 2 rings (SSSR count). The SMILES string of the molecule is NNc1ccc(S(=O)(=O)N2CCCCCC2)cc1. The van der Waals surface area contributed by atoms with Gasteiger partial charge in [0.25, 0.3) is 0 Å². The van der Waals surface area contributed by atoms with Crippen molar-refractivity contribution in [2.45, 2.75) is 30.6 Å². The van der Waals surface area contributed by atoms with Gasteiger partial charge in [0, 0.05) is 18.8 Å². The quantitative estimate of drug-likeness (QED) is 0.644. The third-order valence-corrected chi connectivity index (χ3v) is 5.14. The van der Waals surface area contributed by atoms with Gasteiger partial charge in [-0.05, 0) is 37.1 Å². The van der Waals surface area contributed by atoms with E-state index in [1.807, 2.05) is 0 Å². The summed E-state index contributed by atoms with van der Waals surface area (Å²) in [6.45, 7) is 1.25. The van der Waals surface area contributed by atoms with Gasteiger partial charge in [0.1, 0.15) is 0 Å². The van der Waals surface area contributed by atoms with Crippen LogP contribution in [0, 0.1) is 0 Å². The molecule has 0 amide bonds. The molecule has 6 heteroatoms. The van der Waals surface area contributed by atoms with Crippen LogP contribution in [0.3, 0.4) is 0 Å². The van der Waals surface area contributed by atoms with Crippen LogP contribution in [-0.2, 0) is 10.0 Å². The van der Waals surface area contributed by atoms with Crippen LogP contribution in [0.1, 0.15) is 25.7 Å². The number of hydrazine groups is 1. The number of rotatable bonds is 3. The molecule has 1 heterocycles. The lowest BCUT2D eigenvalue weighted by Crippen LogP contribution is -2.31. The van der Waals surface area contributed by atoms with Gasteiger partial charge >= 0.3 is 0 Å². The summed E-state index contributed by atoms with van der Waals surface area (Å²) < 4.78 is 26.4. The fraction of sp³-hybridized carbons (Fsp3) is 0.500. The fourth-order valence-corrected chi connectivity index (χ4v) is 3.67. The van der Waals surface area contributed by atoms with E-state index in [1.54, 1.807) is 28.6 Å². The number of nitrogens with zero attached hydrogens (tertiary/aromatic N) is 1. The second kappa shape index (κ2) is 5.69. The van der Waals surface area contributed by atoms with E-state index in [2.05, 4.69) is 5.43 Å². The second-order valence-electron chi connectivity index (χ2n) is 4.49. The van der Waals surface area contributed by atoms with Gasteiger partial charge in [0.2, 0.25) is 10.0 Å². The molecule has 0 spiro atoms. The van der Waals surface area contributed by atoms with Crippen LogP contribution in [0.25, 0.3) is 0 Å². The maximum Gasteiger partial charge on any atom is 0.243 e. The molecule has 0 unspecified atom stereocenters. The highest BCUT2D eigenvalue weighted by atomic mass is 32.2. The lowest BCUT2D eigenvalue weighted by Gasteiger charge is -2.20. The molecule has 100 valence electrons. The third-order valence-electron chi connectivity index (χ3n) is 3.22. The summed E-state index contributed by atoms with van der Waals surface area (Å²) in [6.07, 6.45) is 4.12. The Kier molecular flexibility index (Phi) is 4.21. The van der Waals surface area contributed by atoms with E-state index >= 15 is 0 Å². The van der Waals surface area contributed by atoms with E-state index < -0.39 is 10.0 Å². The highest BCUT2D eigenvalue weighted by Gasteiger charge is 2.24. The van der Waals surface area contributed by atoms with Crippen LogP contribution < -0.4 is 11.3 Å². The highest BCUT2D eigenvalue weighted by Crippen LogP contribution is 2.21. The minimum atomic E-state index is -3.35. The smallest absolute Gasteiger partial charge is 0.243 e. The van der Waals surface area contributed by atoms with Gasteiger partial charge in [0.15, 0.2) is 0 Å². The lowest BCUT2D eigenvalue weighted by molar-refractivity contribution is 0.424. The maximum atomic E-state index is 12.4. The van der Waals surface area contributed by atoms with Crippen molar-refractivity contribution >= 4 is 15.7 Å². The summed E-state index contributed by atoms with van der Waals surface area (Å²) in [7, 11) is -3.35. The third kappa shape index (κ3) is 2.82. The van der Waals surface area contributed by atoms with Gasteiger partial charge in [-0.25, -0.2) is 8.42 Å². The first kappa shape index (κ1) is 13.3. The van der Waals surface area contributed by atoms with Crippen LogP contribution in [0.5, 0.6) is 0 Å². The van der Waals surface area contributed by atoms with Gasteiger partial charge in [-0.2, -0.15) is 4.31 Å². The molecule has 0 bridgehead atoms. The first-order valence-electron chi connectivity index (χ1n) is 6.21. The van der Waals surface area contributed by atoms with Gasteiger partial charge in [-0.3, -0.25) is 5.84 Å². The molecular weight excluding hydrogens is 250 g/mol. The first-order chi connectivity index (χ1) is 8.64. The average molecular weight is 269 g/mol. The Balaban J connectivity index is 2.22. The molecule has 1 saturated heterocycles. The topological polar surface area (TPSA) is 75.4 Å². The maximum absolute atomic E-state index is 12.4. The van der Waals surface area contributed by atoms with Gasteiger partial charge in [-0.15, -0.1) is 0 Å². The molecule has 1 aromatic rings. The summed E-state index contributed by atoms with van der Waals surface area (Å²) in [5.74, 6) is 5.26. The molecule has 0 atom stereocenters. The van der Waals surface area contributed by atoms with Crippen LogP contribution in [0.2, 0.25) is 0 Å². The van der Waals surface area contributed by atoms with Crippen molar-refractivity contribution in [3.05, 3.63) is 24.3 Å². The molecule has 5 nitrogen and oxygen atoms in total. The summed E-state index contributed by atoms with van der Waals surface area (Å²) in [4.78, 5) is 0.336. The van der Waals surface area contributed by atoms with E-state index in [9.17, 15) is 8.42 Å². The fourth-order valence-electron chi connectivity index (χ4n) is 2.15. The normalized spacial score (nSPS) is 18.3. The molecule has 1 fully saturated rings. The largest absolute Gasteiger partial charge is 0.324 e. The molecular formula is C12H19N3O2S. The van der Waals surface area contributed by atoms with E-state index in [0.29, 0.717) is 23.7 Å². The number of nitrogen functional groups attached to an aromatic ring is 1. The monoisotopic (exact) mass is 269 g/mol. The highest BCUT2D eigenvalue weighted by molar-refractivity contribution is 7.89. The van der Waals surface area contributed by atoms with Crippen LogP contribution in [0.4, 0.5) is 5.69 Å². The molecule has 0 saturated carbocycles. The molecule has 0 aromatic heterocycles. The van der Waals surface area contributed by atoms with E-state index in [4.69, 9.17) is 5.84 Å². The Hall–Kier alpha value is -1.11. The Morgan fingerprint density at radius 3 is 2.06 bits per heavy atom. The van der Waals surface area contributed by atoms with E-state index in [-0.39, 0.29) is 0 Å². The number of hydrogen-bond donors (Lipinski definition) is 2. The van der Waals surface area contributed by atoms with Gasteiger partial charge < -0.3 is 5.43 Å².